The molecule has 2 aromatic heterocycles. The van der Waals surface area contributed by atoms with Gasteiger partial charge in [-0.3, -0.25) is 9.89 Å². The van der Waals surface area contributed by atoms with Crippen molar-refractivity contribution in [1.82, 2.24) is 25.1 Å². The summed E-state index contributed by atoms with van der Waals surface area (Å²) < 4.78 is 5.52. The van der Waals surface area contributed by atoms with Crippen LogP contribution in [0.5, 0.6) is 0 Å². The van der Waals surface area contributed by atoms with E-state index in [0.717, 1.165) is 67.3 Å². The Hall–Kier alpha value is -5.26. The van der Waals surface area contributed by atoms with Gasteiger partial charge in [0.15, 0.2) is 11.4 Å². The minimum Gasteiger partial charge on any atom is -0.378 e. The fourth-order valence-corrected chi connectivity index (χ4v) is 6.55. The lowest BCUT2D eigenvalue weighted by molar-refractivity contribution is -0.114. The molecule has 0 atom stereocenters. The Labute approximate surface area is 293 Å². The second kappa shape index (κ2) is 15.5. The van der Waals surface area contributed by atoms with Gasteiger partial charge in [0.25, 0.3) is 0 Å². The molecule has 258 valence electrons. The van der Waals surface area contributed by atoms with Crippen LogP contribution in [0.1, 0.15) is 24.8 Å². The summed E-state index contributed by atoms with van der Waals surface area (Å²) in [7, 11) is 3.96. The van der Waals surface area contributed by atoms with Gasteiger partial charge in [-0.05, 0) is 93.5 Å². The van der Waals surface area contributed by atoms with Crippen LogP contribution in [0, 0.1) is 0 Å². The Bertz CT molecular complexity index is 1940. The molecule has 5 aromatic rings. The van der Waals surface area contributed by atoms with E-state index in [2.05, 4.69) is 73.1 Å². The van der Waals surface area contributed by atoms with Crippen LogP contribution < -0.4 is 20.4 Å². The molecule has 4 heterocycles. The molecular weight excluding hydrogens is 626 g/mol. The Balaban J connectivity index is 1.21. The van der Waals surface area contributed by atoms with E-state index < -0.39 is 0 Å². The summed E-state index contributed by atoms with van der Waals surface area (Å²) in [6.07, 6.45) is 7.57. The van der Waals surface area contributed by atoms with Crippen molar-refractivity contribution in [3.63, 3.8) is 0 Å². The first-order valence-corrected chi connectivity index (χ1v) is 17.5. The average Bonchev–Trinajstić information content (AvgIpc) is 3.54. The van der Waals surface area contributed by atoms with Crippen molar-refractivity contribution < 1.29 is 9.53 Å². The van der Waals surface area contributed by atoms with Gasteiger partial charge in [-0.15, -0.1) is 0 Å². The van der Waals surface area contributed by atoms with Crippen LogP contribution in [0.4, 0.5) is 34.5 Å². The molecule has 2 aliphatic heterocycles. The van der Waals surface area contributed by atoms with Crippen LogP contribution in [0.2, 0.25) is 0 Å². The van der Waals surface area contributed by atoms with Crippen LogP contribution in [0.3, 0.4) is 0 Å². The molecule has 50 heavy (non-hydrogen) atoms. The number of piperidine rings is 1. The van der Waals surface area contributed by atoms with Crippen molar-refractivity contribution in [3.05, 3.63) is 90.5 Å². The van der Waals surface area contributed by atoms with E-state index in [4.69, 9.17) is 14.7 Å². The predicted octanol–water partition coefficient (Wildman–Crippen LogP) is 6.56. The highest BCUT2D eigenvalue weighted by Gasteiger charge is 2.19. The number of nitrogens with zero attached hydrogens (tertiary/aromatic N) is 6. The van der Waals surface area contributed by atoms with Gasteiger partial charge < -0.3 is 30.1 Å². The number of likely N-dealkylation sites (N-methyl/N-ethyl adjacent to an activating group) is 1. The standard InChI is InChI=1S/C39H45N9O2/c1-46(2)18-8-13-34(49)26-28-9-6-10-29(25-28)36-35-37(40-30-14-16-32(17-15-30)48-21-23-50-24-22-48)44-45-38(35)43-39(42-36)41-31-11-7-12-33(27-31)47-19-4-3-5-20-47/h6-17,25,27H,3-5,18-24,26H2,1-2H3,(H3,40,41,42,43,44,45)/b13-8+. The van der Waals surface area contributed by atoms with Crippen molar-refractivity contribution in [3.8, 4) is 11.3 Å². The molecule has 0 radical (unpaired) electrons. The van der Waals surface area contributed by atoms with Gasteiger partial charge in [0, 0.05) is 67.5 Å². The minimum atomic E-state index is 0.0546. The molecule has 0 spiro atoms. The van der Waals surface area contributed by atoms with E-state index in [0.29, 0.717) is 36.1 Å². The van der Waals surface area contributed by atoms with Gasteiger partial charge in [-0.1, -0.05) is 30.3 Å². The number of nitrogens with one attached hydrogen (secondary N) is 3. The normalized spacial score (nSPS) is 15.3. The maximum Gasteiger partial charge on any atom is 0.229 e. The van der Waals surface area contributed by atoms with E-state index in [1.165, 1.54) is 30.6 Å². The number of H-pyrrole nitrogens is 1. The first kappa shape index (κ1) is 33.2. The molecule has 3 aromatic carbocycles. The molecule has 0 saturated carbocycles. The number of hydrogen-bond donors (Lipinski definition) is 3. The molecule has 0 unspecified atom stereocenters. The molecule has 7 rings (SSSR count). The summed E-state index contributed by atoms with van der Waals surface area (Å²) in [5, 5.41) is 15.6. The van der Waals surface area contributed by atoms with Crippen LogP contribution in [-0.4, -0.2) is 90.9 Å². The van der Waals surface area contributed by atoms with Crippen LogP contribution in [-0.2, 0) is 16.0 Å². The van der Waals surface area contributed by atoms with Crippen molar-refractivity contribution in [2.45, 2.75) is 25.7 Å². The number of aromatic nitrogens is 4. The number of benzene rings is 3. The Morgan fingerprint density at radius 3 is 2.44 bits per heavy atom. The zero-order valence-corrected chi connectivity index (χ0v) is 28.9. The van der Waals surface area contributed by atoms with E-state index in [1.54, 1.807) is 6.08 Å². The Morgan fingerprint density at radius 2 is 1.64 bits per heavy atom. The van der Waals surface area contributed by atoms with Gasteiger partial charge in [-0.25, -0.2) is 4.98 Å². The van der Waals surface area contributed by atoms with Crippen molar-refractivity contribution >= 4 is 51.3 Å². The number of morpholine rings is 1. The number of carbonyl (C=O) groups is 1. The molecule has 0 bridgehead atoms. The zero-order chi connectivity index (χ0) is 34.3. The van der Waals surface area contributed by atoms with E-state index in [9.17, 15) is 4.79 Å². The highest BCUT2D eigenvalue weighted by Crippen LogP contribution is 2.35. The first-order valence-electron chi connectivity index (χ1n) is 17.5. The van der Waals surface area contributed by atoms with Gasteiger partial charge in [0.1, 0.15) is 5.82 Å². The summed E-state index contributed by atoms with van der Waals surface area (Å²) in [5.41, 5.74) is 7.22. The summed E-state index contributed by atoms with van der Waals surface area (Å²) in [6, 6.07) is 24.8. The maximum absolute atomic E-state index is 12.8. The predicted molar refractivity (Wildman–Crippen MR) is 202 cm³/mol. The summed E-state index contributed by atoms with van der Waals surface area (Å²) in [4.78, 5) is 29.5. The summed E-state index contributed by atoms with van der Waals surface area (Å²) >= 11 is 0. The van der Waals surface area contributed by atoms with Crippen molar-refractivity contribution in [2.75, 3.05) is 80.5 Å². The summed E-state index contributed by atoms with van der Waals surface area (Å²) in [6.45, 7) is 6.10. The number of ketones is 1. The SMILES string of the molecule is CN(C)C/C=C/C(=O)Cc1cccc(-c2nc(Nc3cccc(N4CCCCC4)c3)nc3n[nH]c(Nc4ccc(N5CCOCC5)cc4)c23)c1. The third-order valence-electron chi connectivity index (χ3n) is 9.10. The van der Waals surface area contributed by atoms with Crippen LogP contribution in [0.15, 0.2) is 84.9 Å². The third-order valence-corrected chi connectivity index (χ3v) is 9.10. The number of hydrogen-bond acceptors (Lipinski definition) is 10. The quantitative estimate of drug-likeness (QED) is 0.126. The fourth-order valence-electron chi connectivity index (χ4n) is 6.55. The number of allylic oxidation sites excluding steroid dienone is 1. The molecule has 0 amide bonds. The third kappa shape index (κ3) is 8.12. The lowest BCUT2D eigenvalue weighted by atomic mass is 10.0. The van der Waals surface area contributed by atoms with Crippen molar-refractivity contribution in [2.24, 2.45) is 0 Å². The van der Waals surface area contributed by atoms with Gasteiger partial charge in [-0.2, -0.15) is 10.1 Å². The Kier molecular flexibility index (Phi) is 10.3. The van der Waals surface area contributed by atoms with Crippen LogP contribution in [0.25, 0.3) is 22.3 Å². The number of carbonyl (C=O) groups excluding carboxylic acids is 1. The molecule has 3 N–H and O–H groups in total. The molecule has 0 aliphatic carbocycles. The first-order chi connectivity index (χ1) is 24.5. The number of aromatic amines is 1. The molecule has 2 aliphatic rings. The Morgan fingerprint density at radius 1 is 0.860 bits per heavy atom. The number of anilines is 6. The maximum atomic E-state index is 12.8. The molecule has 11 heteroatoms. The average molecular weight is 672 g/mol. The molecule has 2 saturated heterocycles. The molecule has 2 fully saturated rings. The number of rotatable bonds is 12. The molecule has 11 nitrogen and oxygen atoms in total. The van der Waals surface area contributed by atoms with E-state index >= 15 is 0 Å². The monoisotopic (exact) mass is 671 g/mol. The van der Waals surface area contributed by atoms with Gasteiger partial charge in [0.2, 0.25) is 5.95 Å². The highest BCUT2D eigenvalue weighted by molar-refractivity contribution is 6.01. The van der Waals surface area contributed by atoms with Crippen LogP contribution >= 0.6 is 0 Å². The number of fused-ring (bicyclic) bond motifs is 1. The number of ether oxygens (including phenoxy) is 1. The lowest BCUT2D eigenvalue weighted by Gasteiger charge is -2.29. The smallest absolute Gasteiger partial charge is 0.229 e. The largest absolute Gasteiger partial charge is 0.378 e. The second-order valence-corrected chi connectivity index (χ2v) is 13.2. The highest BCUT2D eigenvalue weighted by atomic mass is 16.5. The minimum absolute atomic E-state index is 0.0546. The zero-order valence-electron chi connectivity index (χ0n) is 28.9. The second-order valence-electron chi connectivity index (χ2n) is 13.2. The van der Waals surface area contributed by atoms with E-state index in [1.807, 2.05) is 55.4 Å². The molecular formula is C39H45N9O2. The van der Waals surface area contributed by atoms with Gasteiger partial charge >= 0.3 is 0 Å². The van der Waals surface area contributed by atoms with Crippen molar-refractivity contribution in [1.29, 1.82) is 0 Å². The fraction of sp³-hybridized carbons (Fsp3) is 0.333. The van der Waals surface area contributed by atoms with E-state index in [-0.39, 0.29) is 5.78 Å². The van der Waals surface area contributed by atoms with Gasteiger partial charge in [0.05, 0.1) is 24.3 Å². The topological polar surface area (TPSA) is 115 Å². The summed E-state index contributed by atoms with van der Waals surface area (Å²) in [5.74, 6) is 1.20. The lowest BCUT2D eigenvalue weighted by Crippen LogP contribution is -2.36.